The van der Waals surface area contributed by atoms with Crippen molar-refractivity contribution in [3.63, 3.8) is 0 Å². The summed E-state index contributed by atoms with van der Waals surface area (Å²) in [4.78, 5) is 40.6. The molecular formula is C17H28N2O5. The Morgan fingerprint density at radius 2 is 1.12 bits per heavy atom. The Morgan fingerprint density at radius 1 is 0.833 bits per heavy atom. The number of fused-ring (bicyclic) bond motifs is 2. The number of Topliss-reactive ketones (excluding diaryl/α,β-unsaturated/α-hetero) is 1. The van der Waals surface area contributed by atoms with E-state index in [2.05, 4.69) is 0 Å². The molecule has 2 saturated heterocycles. The molecule has 0 aromatic carbocycles. The first kappa shape index (κ1) is 18.5. The summed E-state index contributed by atoms with van der Waals surface area (Å²) in [6, 6.07) is 0. The lowest BCUT2D eigenvalue weighted by Gasteiger charge is -2.54. The summed E-state index contributed by atoms with van der Waals surface area (Å²) >= 11 is 0. The van der Waals surface area contributed by atoms with Gasteiger partial charge < -0.3 is 19.3 Å². The molecule has 2 fully saturated rings. The van der Waals surface area contributed by atoms with E-state index in [1.807, 2.05) is 0 Å². The highest BCUT2D eigenvalue weighted by Crippen LogP contribution is 2.42. The van der Waals surface area contributed by atoms with E-state index in [0.29, 0.717) is 0 Å². The number of carbonyl (C=O) groups excluding carboxylic acids is 3. The minimum atomic E-state index is -0.808. The number of ketones is 1. The summed E-state index contributed by atoms with van der Waals surface area (Å²) in [6.07, 6.45) is -1.25. The van der Waals surface area contributed by atoms with Gasteiger partial charge in [-0.25, -0.2) is 9.59 Å². The summed E-state index contributed by atoms with van der Waals surface area (Å²) in [5.74, 6) is 0.0946. The zero-order valence-corrected chi connectivity index (χ0v) is 15.4. The average molecular weight is 340 g/mol. The molecule has 7 nitrogen and oxygen atoms in total. The number of ether oxygens (including phenoxy) is 2. The van der Waals surface area contributed by atoms with Crippen molar-refractivity contribution in [3.8, 4) is 0 Å². The van der Waals surface area contributed by atoms with E-state index in [1.165, 1.54) is 0 Å². The van der Waals surface area contributed by atoms with Crippen molar-refractivity contribution in [1.82, 2.24) is 9.80 Å². The van der Waals surface area contributed by atoms with Gasteiger partial charge in [0.1, 0.15) is 0 Å². The van der Waals surface area contributed by atoms with Crippen LogP contribution in [0.1, 0.15) is 41.5 Å². The van der Waals surface area contributed by atoms with Gasteiger partial charge in [-0.2, -0.15) is 0 Å². The van der Waals surface area contributed by atoms with Crippen molar-refractivity contribution in [2.75, 3.05) is 26.2 Å². The van der Waals surface area contributed by atoms with E-state index in [-0.39, 0.29) is 44.2 Å². The van der Waals surface area contributed by atoms with Crippen LogP contribution in [0, 0.1) is 10.8 Å². The number of hydrogen-bond acceptors (Lipinski definition) is 5. The summed E-state index contributed by atoms with van der Waals surface area (Å²) in [5, 5.41) is 0. The van der Waals surface area contributed by atoms with Gasteiger partial charge in [0.2, 0.25) is 0 Å². The molecule has 7 heteroatoms. The maximum Gasteiger partial charge on any atom is 0.410 e. The molecule has 0 N–H and O–H groups in total. The molecule has 0 saturated carbocycles. The lowest BCUT2D eigenvalue weighted by molar-refractivity contribution is -0.154. The summed E-state index contributed by atoms with van der Waals surface area (Å²) in [6.45, 7) is 11.8. The lowest BCUT2D eigenvalue weighted by atomic mass is 9.64. The Balaban J connectivity index is 2.21. The van der Waals surface area contributed by atoms with Gasteiger partial charge >= 0.3 is 12.2 Å². The number of carbonyl (C=O) groups is 3. The topological polar surface area (TPSA) is 76.2 Å². The molecule has 0 atom stereocenters. The molecule has 0 aromatic heterocycles. The van der Waals surface area contributed by atoms with Gasteiger partial charge in [0.25, 0.3) is 0 Å². The van der Waals surface area contributed by atoms with E-state index >= 15 is 0 Å². The quantitative estimate of drug-likeness (QED) is 0.771. The van der Waals surface area contributed by atoms with Gasteiger partial charge in [-0.05, 0) is 41.5 Å². The Morgan fingerprint density at radius 3 is 1.38 bits per heavy atom. The molecule has 2 rings (SSSR count). The second-order valence-corrected chi connectivity index (χ2v) is 8.03. The number of amides is 2. The molecule has 0 aromatic rings. The third-order valence-electron chi connectivity index (χ3n) is 4.45. The summed E-state index contributed by atoms with van der Waals surface area (Å²) in [5.41, 5.74) is -1.62. The number of hydrogen-bond donors (Lipinski definition) is 0. The van der Waals surface area contributed by atoms with Crippen LogP contribution in [0.4, 0.5) is 9.59 Å². The van der Waals surface area contributed by atoms with Crippen LogP contribution in [0.5, 0.6) is 0 Å². The number of rotatable bonds is 2. The largest absolute Gasteiger partial charge is 0.447 e. The van der Waals surface area contributed by atoms with Crippen LogP contribution in [0.25, 0.3) is 0 Å². The van der Waals surface area contributed by atoms with Crippen LogP contribution in [0.15, 0.2) is 0 Å². The third kappa shape index (κ3) is 3.49. The van der Waals surface area contributed by atoms with Gasteiger partial charge in [-0.1, -0.05) is 0 Å². The Labute approximate surface area is 143 Å². The minimum Gasteiger partial charge on any atom is -0.447 e. The zero-order chi connectivity index (χ0) is 18.3. The van der Waals surface area contributed by atoms with Crippen LogP contribution >= 0.6 is 0 Å². The second kappa shape index (κ2) is 6.26. The monoisotopic (exact) mass is 340 g/mol. The summed E-state index contributed by atoms with van der Waals surface area (Å²) < 4.78 is 10.6. The lowest BCUT2D eigenvalue weighted by Crippen LogP contribution is -2.69. The Kier molecular flexibility index (Phi) is 4.84. The molecule has 2 aliphatic heterocycles. The SMILES string of the molecule is CC(C)OC(=O)N1CC2(C)CN(C(=O)OC(C)C)CC(C)(C1)C2=O. The van der Waals surface area contributed by atoms with Crippen molar-refractivity contribution in [1.29, 1.82) is 0 Å². The van der Waals surface area contributed by atoms with Crippen LogP contribution in [-0.4, -0.2) is 66.2 Å². The van der Waals surface area contributed by atoms with E-state index in [9.17, 15) is 14.4 Å². The predicted octanol–water partition coefficient (Wildman–Crippen LogP) is 2.29. The first-order chi connectivity index (χ1) is 11.0. The van der Waals surface area contributed by atoms with Crippen LogP contribution in [0.3, 0.4) is 0 Å². The highest BCUT2D eigenvalue weighted by Gasteiger charge is 2.58. The van der Waals surface area contributed by atoms with Crippen molar-refractivity contribution >= 4 is 18.0 Å². The molecule has 0 spiro atoms. The average Bonchev–Trinajstić information content (AvgIpc) is 2.40. The molecule has 2 aliphatic rings. The van der Waals surface area contributed by atoms with E-state index in [0.717, 1.165) is 0 Å². The molecule has 0 unspecified atom stereocenters. The van der Waals surface area contributed by atoms with Crippen molar-refractivity contribution < 1.29 is 23.9 Å². The van der Waals surface area contributed by atoms with Crippen molar-refractivity contribution in [2.24, 2.45) is 10.8 Å². The first-order valence-electron chi connectivity index (χ1n) is 8.43. The fraction of sp³-hybridized carbons (Fsp3) is 0.824. The maximum atomic E-state index is 12.9. The molecule has 136 valence electrons. The van der Waals surface area contributed by atoms with Gasteiger partial charge in [0.05, 0.1) is 23.0 Å². The molecule has 2 heterocycles. The van der Waals surface area contributed by atoms with Gasteiger partial charge in [-0.15, -0.1) is 0 Å². The molecule has 2 bridgehead atoms. The number of nitrogens with zero attached hydrogens (tertiary/aromatic N) is 2. The minimum absolute atomic E-state index is 0.0946. The maximum absolute atomic E-state index is 12.9. The van der Waals surface area contributed by atoms with E-state index in [4.69, 9.17) is 9.47 Å². The van der Waals surface area contributed by atoms with Gasteiger partial charge in [0.15, 0.2) is 5.78 Å². The Hall–Kier alpha value is -1.79. The molecule has 24 heavy (non-hydrogen) atoms. The van der Waals surface area contributed by atoms with Crippen LogP contribution < -0.4 is 0 Å². The fourth-order valence-corrected chi connectivity index (χ4v) is 3.72. The first-order valence-corrected chi connectivity index (χ1v) is 8.43. The normalized spacial score (nSPS) is 29.9. The Bertz CT molecular complexity index is 485. The fourth-order valence-electron chi connectivity index (χ4n) is 3.72. The van der Waals surface area contributed by atoms with Crippen molar-refractivity contribution in [3.05, 3.63) is 0 Å². The molecular weight excluding hydrogens is 312 g/mol. The smallest absolute Gasteiger partial charge is 0.410 e. The summed E-state index contributed by atoms with van der Waals surface area (Å²) in [7, 11) is 0. The number of piperidine rings is 2. The molecule has 0 aliphatic carbocycles. The molecule has 0 radical (unpaired) electrons. The van der Waals surface area contributed by atoms with Gasteiger partial charge in [0, 0.05) is 26.2 Å². The van der Waals surface area contributed by atoms with Crippen LogP contribution in [0.2, 0.25) is 0 Å². The van der Waals surface area contributed by atoms with Gasteiger partial charge in [-0.3, -0.25) is 4.79 Å². The second-order valence-electron chi connectivity index (χ2n) is 8.03. The highest BCUT2D eigenvalue weighted by atomic mass is 16.6. The van der Waals surface area contributed by atoms with E-state index in [1.54, 1.807) is 51.3 Å². The standard InChI is InChI=1S/C17H28N2O5/c1-11(2)23-14(21)18-7-16(5)9-19(15(22)24-12(3)4)10-17(6,8-18)13(16)20/h11-12H,7-10H2,1-6H3. The highest BCUT2D eigenvalue weighted by molar-refractivity contribution is 5.94. The number of likely N-dealkylation sites (tertiary alicyclic amines) is 2. The zero-order valence-electron chi connectivity index (χ0n) is 15.4. The predicted molar refractivity (Wildman–Crippen MR) is 87.6 cm³/mol. The van der Waals surface area contributed by atoms with Crippen molar-refractivity contribution in [2.45, 2.75) is 53.8 Å². The van der Waals surface area contributed by atoms with E-state index < -0.39 is 23.0 Å². The molecule has 2 amide bonds. The van der Waals surface area contributed by atoms with Crippen LogP contribution in [-0.2, 0) is 14.3 Å². The third-order valence-corrected chi connectivity index (χ3v) is 4.45.